The van der Waals surface area contributed by atoms with Gasteiger partial charge in [-0.15, -0.1) is 11.3 Å². The van der Waals surface area contributed by atoms with E-state index in [1.54, 1.807) is 11.3 Å². The summed E-state index contributed by atoms with van der Waals surface area (Å²) < 4.78 is 28.6. The van der Waals surface area contributed by atoms with Gasteiger partial charge in [0, 0.05) is 17.1 Å². The smallest absolute Gasteiger partial charge is 0.387 e. The Labute approximate surface area is 122 Å². The van der Waals surface area contributed by atoms with Crippen LogP contribution in [0, 0.1) is 0 Å². The molecule has 0 saturated carbocycles. The second-order valence-corrected chi connectivity index (χ2v) is 5.43. The molecule has 1 aromatic heterocycles. The summed E-state index contributed by atoms with van der Waals surface area (Å²) in [7, 11) is 0. The largest absolute Gasteiger partial charge is 0.432 e. The minimum Gasteiger partial charge on any atom is -0.432 e. The summed E-state index contributed by atoms with van der Waals surface area (Å²) in [5.74, 6) is -0.208. The highest BCUT2D eigenvalue weighted by atomic mass is 35.5. The van der Waals surface area contributed by atoms with Crippen LogP contribution in [-0.4, -0.2) is 6.61 Å². The standard InChI is InChI=1S/C12H9Cl2F2NOS/c13-9-4-7(17-6-8-2-1-3-19-8)5-10(14)11(9)18-12(15)16/h1-5,12,17H,6H2. The van der Waals surface area contributed by atoms with Crippen LogP contribution in [0.15, 0.2) is 29.6 Å². The number of anilines is 1. The van der Waals surface area contributed by atoms with E-state index in [9.17, 15) is 8.78 Å². The second kappa shape index (κ2) is 6.41. The van der Waals surface area contributed by atoms with Crippen LogP contribution in [0.5, 0.6) is 5.75 Å². The summed E-state index contributed by atoms with van der Waals surface area (Å²) in [4.78, 5) is 1.14. The first-order chi connectivity index (χ1) is 9.06. The zero-order chi connectivity index (χ0) is 13.8. The molecule has 102 valence electrons. The fourth-order valence-corrected chi connectivity index (χ4v) is 2.69. The molecule has 0 radical (unpaired) electrons. The normalized spacial score (nSPS) is 10.8. The molecule has 0 aliphatic rings. The second-order valence-electron chi connectivity index (χ2n) is 3.58. The van der Waals surface area contributed by atoms with Crippen LogP contribution >= 0.6 is 34.5 Å². The quantitative estimate of drug-likeness (QED) is 0.809. The number of benzene rings is 1. The van der Waals surface area contributed by atoms with Crippen molar-refractivity contribution in [1.29, 1.82) is 0 Å². The lowest BCUT2D eigenvalue weighted by Crippen LogP contribution is -2.04. The minimum absolute atomic E-state index is 0.0430. The van der Waals surface area contributed by atoms with Crippen molar-refractivity contribution in [2.45, 2.75) is 13.2 Å². The Hall–Kier alpha value is -1.04. The van der Waals surface area contributed by atoms with Gasteiger partial charge in [-0.2, -0.15) is 8.78 Å². The Morgan fingerprint density at radius 1 is 1.26 bits per heavy atom. The maximum atomic E-state index is 12.2. The predicted octanol–water partition coefficient (Wildman–Crippen LogP) is 5.27. The van der Waals surface area contributed by atoms with Crippen LogP contribution in [0.2, 0.25) is 10.0 Å². The highest BCUT2D eigenvalue weighted by molar-refractivity contribution is 7.09. The Bertz CT molecular complexity index is 526. The van der Waals surface area contributed by atoms with Gasteiger partial charge in [0.2, 0.25) is 0 Å². The van der Waals surface area contributed by atoms with Gasteiger partial charge in [-0.1, -0.05) is 29.3 Å². The van der Waals surface area contributed by atoms with E-state index in [1.807, 2.05) is 17.5 Å². The molecule has 19 heavy (non-hydrogen) atoms. The summed E-state index contributed by atoms with van der Waals surface area (Å²) in [6.07, 6.45) is 0. The number of rotatable bonds is 5. The lowest BCUT2D eigenvalue weighted by atomic mass is 10.3. The molecule has 1 N–H and O–H groups in total. The number of hydrogen-bond acceptors (Lipinski definition) is 3. The molecule has 0 bridgehead atoms. The van der Waals surface area contributed by atoms with Crippen molar-refractivity contribution in [3.63, 3.8) is 0 Å². The zero-order valence-corrected chi connectivity index (χ0v) is 11.8. The molecule has 1 heterocycles. The number of halogens is 4. The Balaban J connectivity index is 2.10. The van der Waals surface area contributed by atoms with Gasteiger partial charge in [-0.05, 0) is 23.6 Å². The summed E-state index contributed by atoms with van der Waals surface area (Å²) >= 11 is 13.3. The topological polar surface area (TPSA) is 21.3 Å². The first kappa shape index (κ1) is 14.4. The van der Waals surface area contributed by atoms with Gasteiger partial charge in [-0.3, -0.25) is 0 Å². The van der Waals surface area contributed by atoms with Gasteiger partial charge in [0.25, 0.3) is 0 Å². The molecule has 0 aliphatic carbocycles. The molecule has 2 aromatic rings. The first-order valence-corrected chi connectivity index (χ1v) is 6.90. The molecule has 7 heteroatoms. The molecule has 0 unspecified atom stereocenters. The number of alkyl halides is 2. The summed E-state index contributed by atoms with van der Waals surface area (Å²) in [5, 5.41) is 5.16. The molecule has 0 aliphatic heterocycles. The van der Waals surface area contributed by atoms with Crippen molar-refractivity contribution in [1.82, 2.24) is 0 Å². The van der Waals surface area contributed by atoms with E-state index < -0.39 is 6.61 Å². The van der Waals surface area contributed by atoms with Crippen molar-refractivity contribution in [2.24, 2.45) is 0 Å². The average molecular weight is 324 g/mol. The van der Waals surface area contributed by atoms with Crippen LogP contribution in [-0.2, 0) is 6.54 Å². The van der Waals surface area contributed by atoms with Gasteiger partial charge in [-0.25, -0.2) is 0 Å². The molecule has 0 atom stereocenters. The van der Waals surface area contributed by atoms with Gasteiger partial charge < -0.3 is 10.1 Å². The van der Waals surface area contributed by atoms with Crippen molar-refractivity contribution in [3.8, 4) is 5.75 Å². The monoisotopic (exact) mass is 323 g/mol. The third-order valence-corrected chi connectivity index (χ3v) is 3.69. The van der Waals surface area contributed by atoms with E-state index in [2.05, 4.69) is 10.1 Å². The fraction of sp³-hybridized carbons (Fsp3) is 0.167. The van der Waals surface area contributed by atoms with Crippen molar-refractivity contribution in [3.05, 3.63) is 44.6 Å². The molecule has 1 aromatic carbocycles. The zero-order valence-electron chi connectivity index (χ0n) is 9.50. The van der Waals surface area contributed by atoms with Crippen molar-refractivity contribution in [2.75, 3.05) is 5.32 Å². The van der Waals surface area contributed by atoms with Crippen LogP contribution in [0.1, 0.15) is 4.88 Å². The molecule has 0 saturated heterocycles. The number of thiophene rings is 1. The Morgan fingerprint density at radius 3 is 2.47 bits per heavy atom. The predicted molar refractivity (Wildman–Crippen MR) is 74.7 cm³/mol. The van der Waals surface area contributed by atoms with Crippen LogP contribution in [0.4, 0.5) is 14.5 Å². The highest BCUT2D eigenvalue weighted by Gasteiger charge is 2.14. The van der Waals surface area contributed by atoms with Crippen molar-refractivity contribution < 1.29 is 13.5 Å². The van der Waals surface area contributed by atoms with Gasteiger partial charge >= 0.3 is 6.61 Å². The van der Waals surface area contributed by atoms with E-state index in [1.165, 1.54) is 12.1 Å². The van der Waals surface area contributed by atoms with Gasteiger partial charge in [0.15, 0.2) is 5.75 Å². The third-order valence-electron chi connectivity index (χ3n) is 2.25. The summed E-state index contributed by atoms with van der Waals surface area (Å²) in [6, 6.07) is 6.92. The molecular formula is C12H9Cl2F2NOS. The SMILES string of the molecule is FC(F)Oc1c(Cl)cc(NCc2cccs2)cc1Cl. The number of hydrogen-bond donors (Lipinski definition) is 1. The lowest BCUT2D eigenvalue weighted by Gasteiger charge is -2.12. The Kier molecular flexibility index (Phi) is 4.85. The fourth-order valence-electron chi connectivity index (χ4n) is 1.47. The molecule has 2 rings (SSSR count). The van der Waals surface area contributed by atoms with Crippen LogP contribution < -0.4 is 10.1 Å². The first-order valence-electron chi connectivity index (χ1n) is 5.26. The molecular weight excluding hydrogens is 315 g/mol. The summed E-state index contributed by atoms with van der Waals surface area (Å²) in [5.41, 5.74) is 0.644. The van der Waals surface area contributed by atoms with Gasteiger partial charge in [0.1, 0.15) is 0 Å². The van der Waals surface area contributed by atoms with Gasteiger partial charge in [0.05, 0.1) is 10.0 Å². The maximum Gasteiger partial charge on any atom is 0.387 e. The van der Waals surface area contributed by atoms with Crippen molar-refractivity contribution >= 4 is 40.2 Å². The molecule has 2 nitrogen and oxygen atoms in total. The summed E-state index contributed by atoms with van der Waals surface area (Å²) in [6.45, 7) is -2.35. The maximum absolute atomic E-state index is 12.2. The van der Waals surface area contributed by atoms with E-state index in [0.29, 0.717) is 12.2 Å². The van der Waals surface area contributed by atoms with E-state index in [4.69, 9.17) is 23.2 Å². The minimum atomic E-state index is -2.96. The highest BCUT2D eigenvalue weighted by Crippen LogP contribution is 2.37. The van der Waals surface area contributed by atoms with E-state index in [-0.39, 0.29) is 15.8 Å². The van der Waals surface area contributed by atoms with E-state index in [0.717, 1.165) is 4.88 Å². The molecule has 0 spiro atoms. The average Bonchev–Trinajstić information content (AvgIpc) is 2.84. The number of ether oxygens (including phenoxy) is 1. The molecule has 0 amide bonds. The van der Waals surface area contributed by atoms with E-state index >= 15 is 0 Å². The molecule has 0 fully saturated rings. The lowest BCUT2D eigenvalue weighted by molar-refractivity contribution is -0.0497. The van der Waals surface area contributed by atoms with Crippen LogP contribution in [0.3, 0.4) is 0 Å². The van der Waals surface area contributed by atoms with Crippen LogP contribution in [0.25, 0.3) is 0 Å². The third kappa shape index (κ3) is 3.96. The number of nitrogens with one attached hydrogen (secondary N) is 1. The Morgan fingerprint density at radius 2 is 1.95 bits per heavy atom.